The SMILES string of the molecule is CCNC(c1ccc(F)cn1)C(C)CN(C)CC(C)O. The van der Waals surface area contributed by atoms with Crippen LogP contribution in [0.1, 0.15) is 32.5 Å². The van der Waals surface area contributed by atoms with Crippen molar-refractivity contribution in [3.63, 3.8) is 0 Å². The summed E-state index contributed by atoms with van der Waals surface area (Å²) in [7, 11) is 1.99. The summed E-state index contributed by atoms with van der Waals surface area (Å²) in [5, 5.41) is 12.8. The summed E-state index contributed by atoms with van der Waals surface area (Å²) in [6.07, 6.45) is 0.917. The highest BCUT2D eigenvalue weighted by Gasteiger charge is 2.21. The largest absolute Gasteiger partial charge is 0.392 e. The van der Waals surface area contributed by atoms with Gasteiger partial charge in [-0.15, -0.1) is 0 Å². The summed E-state index contributed by atoms with van der Waals surface area (Å²) in [5.41, 5.74) is 0.853. The molecule has 0 bridgehead atoms. The summed E-state index contributed by atoms with van der Waals surface area (Å²) < 4.78 is 13.0. The van der Waals surface area contributed by atoms with Crippen molar-refractivity contribution in [2.24, 2.45) is 5.92 Å². The van der Waals surface area contributed by atoms with Gasteiger partial charge in [-0.25, -0.2) is 4.39 Å². The predicted octanol–water partition coefficient (Wildman–Crippen LogP) is 1.82. The molecular formula is C15H26FN3O. The van der Waals surface area contributed by atoms with Crippen LogP contribution in [0, 0.1) is 11.7 Å². The van der Waals surface area contributed by atoms with Crippen molar-refractivity contribution in [3.05, 3.63) is 29.8 Å². The van der Waals surface area contributed by atoms with E-state index in [4.69, 9.17) is 0 Å². The molecule has 114 valence electrons. The van der Waals surface area contributed by atoms with E-state index < -0.39 is 0 Å². The third-order valence-corrected chi connectivity index (χ3v) is 3.24. The number of nitrogens with zero attached hydrogens (tertiary/aromatic N) is 2. The number of hydrogen-bond acceptors (Lipinski definition) is 4. The van der Waals surface area contributed by atoms with E-state index in [1.54, 1.807) is 13.0 Å². The van der Waals surface area contributed by atoms with Crippen LogP contribution in [-0.4, -0.2) is 47.8 Å². The highest BCUT2D eigenvalue weighted by atomic mass is 19.1. The number of pyridine rings is 1. The smallest absolute Gasteiger partial charge is 0.141 e. The van der Waals surface area contributed by atoms with Crippen LogP contribution in [0.5, 0.6) is 0 Å². The molecule has 0 aliphatic rings. The van der Waals surface area contributed by atoms with Crippen LogP contribution in [0.4, 0.5) is 4.39 Å². The number of rotatable bonds is 8. The van der Waals surface area contributed by atoms with E-state index in [9.17, 15) is 9.50 Å². The van der Waals surface area contributed by atoms with Crippen molar-refractivity contribution < 1.29 is 9.50 Å². The van der Waals surface area contributed by atoms with Crippen molar-refractivity contribution in [2.45, 2.75) is 32.9 Å². The zero-order valence-electron chi connectivity index (χ0n) is 12.8. The fraction of sp³-hybridized carbons (Fsp3) is 0.667. The Labute approximate surface area is 121 Å². The predicted molar refractivity (Wildman–Crippen MR) is 79.0 cm³/mol. The van der Waals surface area contributed by atoms with Crippen LogP contribution < -0.4 is 5.32 Å². The first kappa shape index (κ1) is 17.0. The third-order valence-electron chi connectivity index (χ3n) is 3.24. The molecule has 1 aromatic heterocycles. The Hall–Kier alpha value is -1.04. The molecule has 1 rings (SSSR count). The Bertz CT molecular complexity index is 383. The topological polar surface area (TPSA) is 48.4 Å². The van der Waals surface area contributed by atoms with E-state index in [0.29, 0.717) is 12.5 Å². The number of aliphatic hydroxyl groups excluding tert-OH is 1. The molecule has 4 nitrogen and oxygen atoms in total. The Morgan fingerprint density at radius 2 is 2.05 bits per heavy atom. The first-order valence-electron chi connectivity index (χ1n) is 7.15. The standard InChI is InChI=1S/C15H26FN3O/c1-5-17-15(14-7-6-13(16)8-18-14)11(2)9-19(4)10-12(3)20/h6-8,11-12,15,17,20H,5,9-10H2,1-4H3. The van der Waals surface area contributed by atoms with Crippen LogP contribution in [0.3, 0.4) is 0 Å². The van der Waals surface area contributed by atoms with Gasteiger partial charge in [-0.3, -0.25) is 4.98 Å². The second-order valence-corrected chi connectivity index (χ2v) is 5.48. The molecule has 0 radical (unpaired) electrons. The van der Waals surface area contributed by atoms with Gasteiger partial charge in [-0.2, -0.15) is 0 Å². The molecule has 3 atom stereocenters. The van der Waals surface area contributed by atoms with Gasteiger partial charge in [-0.05, 0) is 38.6 Å². The van der Waals surface area contributed by atoms with Crippen molar-refractivity contribution in [1.82, 2.24) is 15.2 Å². The highest BCUT2D eigenvalue weighted by molar-refractivity contribution is 5.11. The molecule has 0 amide bonds. The van der Waals surface area contributed by atoms with Gasteiger partial charge in [0.1, 0.15) is 5.82 Å². The molecule has 3 unspecified atom stereocenters. The van der Waals surface area contributed by atoms with E-state index in [0.717, 1.165) is 18.8 Å². The maximum Gasteiger partial charge on any atom is 0.141 e. The minimum absolute atomic E-state index is 0.0806. The Kier molecular flexibility index (Phi) is 7.05. The molecule has 1 aromatic rings. The molecule has 0 saturated carbocycles. The van der Waals surface area contributed by atoms with Crippen LogP contribution in [-0.2, 0) is 0 Å². The quantitative estimate of drug-likeness (QED) is 0.764. The third kappa shape index (κ3) is 5.53. The number of aliphatic hydroxyl groups is 1. The van der Waals surface area contributed by atoms with Crippen LogP contribution in [0.15, 0.2) is 18.3 Å². The number of hydrogen-bond donors (Lipinski definition) is 2. The minimum Gasteiger partial charge on any atom is -0.392 e. The van der Waals surface area contributed by atoms with E-state index in [-0.39, 0.29) is 18.0 Å². The molecule has 0 spiro atoms. The van der Waals surface area contributed by atoms with Gasteiger partial charge in [0, 0.05) is 13.1 Å². The van der Waals surface area contributed by atoms with Gasteiger partial charge in [0.2, 0.25) is 0 Å². The van der Waals surface area contributed by atoms with Gasteiger partial charge in [0.05, 0.1) is 24.0 Å². The van der Waals surface area contributed by atoms with Crippen LogP contribution in [0.25, 0.3) is 0 Å². The molecule has 0 aromatic carbocycles. The lowest BCUT2D eigenvalue weighted by atomic mass is 9.97. The lowest BCUT2D eigenvalue weighted by molar-refractivity contribution is 0.128. The first-order valence-corrected chi connectivity index (χ1v) is 7.15. The van der Waals surface area contributed by atoms with Crippen molar-refractivity contribution in [2.75, 3.05) is 26.7 Å². The lowest BCUT2D eigenvalue weighted by Crippen LogP contribution is -2.37. The van der Waals surface area contributed by atoms with E-state index in [2.05, 4.69) is 22.1 Å². The van der Waals surface area contributed by atoms with E-state index in [1.807, 2.05) is 14.0 Å². The van der Waals surface area contributed by atoms with E-state index >= 15 is 0 Å². The number of halogens is 1. The molecule has 20 heavy (non-hydrogen) atoms. The Balaban J connectivity index is 2.71. The fourth-order valence-electron chi connectivity index (χ4n) is 2.51. The molecule has 0 fully saturated rings. The molecule has 5 heteroatoms. The van der Waals surface area contributed by atoms with E-state index in [1.165, 1.54) is 12.3 Å². The van der Waals surface area contributed by atoms with Gasteiger partial charge in [0.15, 0.2) is 0 Å². The number of nitrogens with one attached hydrogen (secondary N) is 1. The first-order chi connectivity index (χ1) is 9.43. The zero-order valence-corrected chi connectivity index (χ0v) is 12.8. The average Bonchev–Trinajstić information content (AvgIpc) is 2.36. The van der Waals surface area contributed by atoms with Crippen LogP contribution in [0.2, 0.25) is 0 Å². The summed E-state index contributed by atoms with van der Waals surface area (Å²) in [6, 6.07) is 3.25. The Morgan fingerprint density at radius 3 is 2.55 bits per heavy atom. The number of likely N-dealkylation sites (N-methyl/N-ethyl adjacent to an activating group) is 1. The fourth-order valence-corrected chi connectivity index (χ4v) is 2.51. The lowest BCUT2D eigenvalue weighted by Gasteiger charge is -2.29. The molecular weight excluding hydrogens is 257 g/mol. The molecule has 0 aliphatic carbocycles. The summed E-state index contributed by atoms with van der Waals surface area (Å²) >= 11 is 0. The Morgan fingerprint density at radius 1 is 1.35 bits per heavy atom. The molecule has 2 N–H and O–H groups in total. The second kappa shape index (κ2) is 8.29. The highest BCUT2D eigenvalue weighted by Crippen LogP contribution is 2.21. The second-order valence-electron chi connectivity index (χ2n) is 5.48. The summed E-state index contributed by atoms with van der Waals surface area (Å²) in [4.78, 5) is 6.28. The zero-order chi connectivity index (χ0) is 15.1. The molecule has 0 saturated heterocycles. The van der Waals surface area contributed by atoms with Crippen molar-refractivity contribution >= 4 is 0 Å². The molecule has 0 aliphatic heterocycles. The monoisotopic (exact) mass is 283 g/mol. The van der Waals surface area contributed by atoms with Gasteiger partial charge < -0.3 is 15.3 Å². The maximum absolute atomic E-state index is 13.0. The van der Waals surface area contributed by atoms with Crippen molar-refractivity contribution in [1.29, 1.82) is 0 Å². The maximum atomic E-state index is 13.0. The van der Waals surface area contributed by atoms with Gasteiger partial charge in [-0.1, -0.05) is 13.8 Å². The van der Waals surface area contributed by atoms with Gasteiger partial charge >= 0.3 is 0 Å². The van der Waals surface area contributed by atoms with Crippen molar-refractivity contribution in [3.8, 4) is 0 Å². The molecule has 1 heterocycles. The minimum atomic E-state index is -0.339. The normalized spacial score (nSPS) is 16.1. The number of aromatic nitrogens is 1. The summed E-state index contributed by atoms with van der Waals surface area (Å²) in [6.45, 7) is 8.26. The van der Waals surface area contributed by atoms with Crippen LogP contribution >= 0.6 is 0 Å². The average molecular weight is 283 g/mol. The summed E-state index contributed by atoms with van der Waals surface area (Å²) in [5.74, 6) is -0.0143. The van der Waals surface area contributed by atoms with Gasteiger partial charge in [0.25, 0.3) is 0 Å².